The zero-order valence-corrected chi connectivity index (χ0v) is 54.4. The zero-order chi connectivity index (χ0) is 62.0. The van der Waals surface area contributed by atoms with E-state index >= 15 is 0 Å². The van der Waals surface area contributed by atoms with Crippen LogP contribution in [0.3, 0.4) is 0 Å². The highest BCUT2D eigenvalue weighted by molar-refractivity contribution is 9.11. The van der Waals surface area contributed by atoms with Gasteiger partial charge in [0.25, 0.3) is 0 Å². The van der Waals surface area contributed by atoms with Gasteiger partial charge in [0, 0.05) is 32.9 Å². The average Bonchev–Trinajstić information content (AvgIpc) is 3.45. The van der Waals surface area contributed by atoms with E-state index in [0.717, 1.165) is 40.1 Å². The summed E-state index contributed by atoms with van der Waals surface area (Å²) < 4.78 is 1.04. The van der Waals surface area contributed by atoms with Crippen LogP contribution in [-0.4, -0.2) is 0 Å². The molecule has 0 amide bonds. The Morgan fingerprint density at radius 1 is 0.435 bits per heavy atom. The lowest BCUT2D eigenvalue weighted by molar-refractivity contribution is 1.14. The molecule has 85 heavy (non-hydrogen) atoms. The standard InChI is InChI=1S/C64H56N2.C6H9N.C5H7Br.3C2H6/c1-7-45-37-55(33-35-57(45)47-21-17-41(3)18-22-47)65-53-29-25-49(26-30-53)61-39-51-13-9-11-15-59(51)63(43(61)5)64-44(6)62(40-52-14-10-12-16-60(52)64)50-27-31-54(32-28-50)66-56-34-36-58(46(8-2)38-56)48-23-19-42(4)20-24-48;1-3-5-6(7)4-2;1-3-5(6)4-2;3*1-2/h9-40,65-66H,7-8H2,1-6H3;3-5H,1-2,7H2;3-4H,1H2,2H3;3*1-2H3/b;6-5+;5-4+;;;. The fraction of sp³-hybridized carbons (Fsp3) is 0.185. The SMILES string of the molecule is C=C/C(Br)=C\C.C=C/C=C(/N)C=C.CC.CC.CC.CCc1cc(Nc2ccc(-c3cc4ccccc4c(-c4c(C)c(-c5ccc(Nc6ccc(-c7ccc(C)cc7)c(CC)c6)cc5)cc5ccccc45)c3C)cc2)ccc1-c1ccc(C)cc1. The van der Waals surface area contributed by atoms with Crippen molar-refractivity contribution in [2.24, 2.45) is 5.73 Å². The number of rotatable bonds is 14. The van der Waals surface area contributed by atoms with E-state index in [2.05, 4.69) is 282 Å². The van der Waals surface area contributed by atoms with Crippen LogP contribution in [0, 0.1) is 27.7 Å². The number of hydrogen-bond acceptors (Lipinski definition) is 3. The molecule has 0 saturated heterocycles. The molecule has 0 fully saturated rings. The molecule has 10 aromatic rings. The van der Waals surface area contributed by atoms with E-state index in [1.807, 2.05) is 54.5 Å². The Kier molecular flexibility index (Phi) is 27.0. The van der Waals surface area contributed by atoms with Crippen LogP contribution in [0.25, 0.3) is 77.2 Å². The second-order valence-corrected chi connectivity index (χ2v) is 20.8. The predicted molar refractivity (Wildman–Crippen MR) is 385 cm³/mol. The number of nitrogens with two attached hydrogens (primary N) is 1. The lowest BCUT2D eigenvalue weighted by Crippen LogP contribution is -1.97. The smallest absolute Gasteiger partial charge is 0.0387 e. The molecule has 0 heterocycles. The Labute approximate surface area is 519 Å². The lowest BCUT2D eigenvalue weighted by Gasteiger charge is -2.22. The number of allylic oxidation sites excluding steroid dienone is 6. The summed E-state index contributed by atoms with van der Waals surface area (Å²) in [6, 6.07) is 71.6. The van der Waals surface area contributed by atoms with Gasteiger partial charge in [0.15, 0.2) is 0 Å². The van der Waals surface area contributed by atoms with Gasteiger partial charge in [0.05, 0.1) is 0 Å². The van der Waals surface area contributed by atoms with Crippen LogP contribution in [0.15, 0.2) is 254 Å². The van der Waals surface area contributed by atoms with Crippen LogP contribution in [-0.2, 0) is 12.8 Å². The first-order valence-electron chi connectivity index (χ1n) is 30.2. The maximum absolute atomic E-state index is 5.26. The number of halogens is 1. The molecule has 0 bridgehead atoms. The first kappa shape index (κ1) is 67.1. The molecule has 0 aliphatic carbocycles. The molecule has 0 radical (unpaired) electrons. The van der Waals surface area contributed by atoms with Gasteiger partial charge >= 0.3 is 0 Å². The summed E-state index contributed by atoms with van der Waals surface area (Å²) in [4.78, 5) is 0. The maximum Gasteiger partial charge on any atom is 0.0387 e. The minimum Gasteiger partial charge on any atom is -0.399 e. The quantitative estimate of drug-likeness (QED) is 0.0951. The molecule has 10 aromatic carbocycles. The minimum atomic E-state index is 0.648. The molecule has 3 nitrogen and oxygen atoms in total. The second-order valence-electron chi connectivity index (χ2n) is 19.9. The molecule has 10 rings (SSSR count). The first-order valence-corrected chi connectivity index (χ1v) is 31.0. The highest BCUT2D eigenvalue weighted by Gasteiger charge is 2.20. The van der Waals surface area contributed by atoms with E-state index in [-0.39, 0.29) is 0 Å². The molecular weight excluding hydrogens is 1090 g/mol. The molecule has 0 saturated carbocycles. The van der Waals surface area contributed by atoms with E-state index in [4.69, 9.17) is 5.73 Å². The maximum atomic E-state index is 5.26. The first-order chi connectivity index (χ1) is 41.4. The van der Waals surface area contributed by atoms with Crippen molar-refractivity contribution in [1.29, 1.82) is 0 Å². The number of hydrogen-bond donors (Lipinski definition) is 3. The van der Waals surface area contributed by atoms with E-state index in [1.165, 1.54) is 111 Å². The van der Waals surface area contributed by atoms with Crippen LogP contribution in [0.1, 0.15) is 95.7 Å². The third-order valence-electron chi connectivity index (χ3n) is 14.6. The third kappa shape index (κ3) is 17.4. The molecule has 436 valence electrons. The third-order valence-corrected chi connectivity index (χ3v) is 15.3. The van der Waals surface area contributed by atoms with E-state index < -0.39 is 0 Å². The number of benzene rings is 10. The summed E-state index contributed by atoms with van der Waals surface area (Å²) in [6.45, 7) is 37.7. The summed E-state index contributed by atoms with van der Waals surface area (Å²) in [5, 5.41) is 12.4. The molecule has 0 unspecified atom stereocenters. The monoisotopic (exact) mass is 1180 g/mol. The summed E-state index contributed by atoms with van der Waals surface area (Å²) in [5.41, 5.74) is 30.6. The molecular formula is C81H90BrN3. The van der Waals surface area contributed by atoms with Crippen molar-refractivity contribution in [2.45, 2.75) is 103 Å². The average molecular weight is 1190 g/mol. The Morgan fingerprint density at radius 2 is 0.776 bits per heavy atom. The fourth-order valence-corrected chi connectivity index (χ4v) is 10.2. The van der Waals surface area contributed by atoms with Crippen LogP contribution in [0.2, 0.25) is 0 Å². The number of nitrogens with one attached hydrogen (secondary N) is 2. The van der Waals surface area contributed by atoms with Gasteiger partial charge in [-0.25, -0.2) is 0 Å². The van der Waals surface area contributed by atoms with Crippen molar-refractivity contribution >= 4 is 60.2 Å². The van der Waals surface area contributed by atoms with E-state index in [9.17, 15) is 0 Å². The highest BCUT2D eigenvalue weighted by atomic mass is 79.9. The van der Waals surface area contributed by atoms with Crippen molar-refractivity contribution in [3.63, 3.8) is 0 Å². The van der Waals surface area contributed by atoms with Gasteiger partial charge in [-0.15, -0.1) is 0 Å². The van der Waals surface area contributed by atoms with E-state index in [0.29, 0.717) is 5.70 Å². The number of aryl methyl sites for hydroxylation is 4. The zero-order valence-electron chi connectivity index (χ0n) is 52.9. The van der Waals surface area contributed by atoms with Crippen LogP contribution < -0.4 is 16.4 Å². The molecule has 0 aliphatic rings. The van der Waals surface area contributed by atoms with Gasteiger partial charge in [0.1, 0.15) is 0 Å². The largest absolute Gasteiger partial charge is 0.399 e. The molecule has 0 atom stereocenters. The Morgan fingerprint density at radius 3 is 1.08 bits per heavy atom. The summed E-state index contributed by atoms with van der Waals surface area (Å²) in [6.07, 6.45) is 10.5. The van der Waals surface area contributed by atoms with Gasteiger partial charge in [-0.3, -0.25) is 0 Å². The van der Waals surface area contributed by atoms with Gasteiger partial charge in [-0.1, -0.05) is 254 Å². The fourth-order valence-electron chi connectivity index (χ4n) is 10.2. The van der Waals surface area contributed by atoms with Gasteiger partial charge in [0.2, 0.25) is 0 Å². The second kappa shape index (κ2) is 34.2. The molecule has 0 aromatic heterocycles. The topological polar surface area (TPSA) is 50.1 Å². The predicted octanol–water partition coefficient (Wildman–Crippen LogP) is 24.9. The summed E-state index contributed by atoms with van der Waals surface area (Å²) >= 11 is 3.22. The summed E-state index contributed by atoms with van der Waals surface area (Å²) in [7, 11) is 0. The van der Waals surface area contributed by atoms with Gasteiger partial charge in [-0.05, 0) is 220 Å². The Balaban J connectivity index is 0.000000612. The lowest BCUT2D eigenvalue weighted by atomic mass is 9.82. The van der Waals surface area contributed by atoms with Gasteiger partial charge < -0.3 is 16.4 Å². The van der Waals surface area contributed by atoms with Crippen molar-refractivity contribution in [2.75, 3.05) is 10.6 Å². The van der Waals surface area contributed by atoms with Crippen molar-refractivity contribution in [3.8, 4) is 55.6 Å². The molecule has 4 heteroatoms. The van der Waals surface area contributed by atoms with Crippen LogP contribution >= 0.6 is 15.9 Å². The van der Waals surface area contributed by atoms with Crippen molar-refractivity contribution < 1.29 is 0 Å². The number of anilines is 4. The van der Waals surface area contributed by atoms with Crippen LogP contribution in [0.4, 0.5) is 22.7 Å². The Bertz CT molecular complexity index is 3610. The molecule has 0 spiro atoms. The molecule has 0 aliphatic heterocycles. The van der Waals surface area contributed by atoms with Gasteiger partial charge in [-0.2, -0.15) is 0 Å². The minimum absolute atomic E-state index is 0.648. The highest BCUT2D eigenvalue weighted by Crippen LogP contribution is 2.46. The van der Waals surface area contributed by atoms with E-state index in [1.54, 1.807) is 24.3 Å². The summed E-state index contributed by atoms with van der Waals surface area (Å²) in [5.74, 6) is 0. The Hall–Kier alpha value is -8.70. The normalized spacial score (nSPS) is 10.7. The van der Waals surface area contributed by atoms with Crippen LogP contribution in [0.5, 0.6) is 0 Å². The van der Waals surface area contributed by atoms with Crippen molar-refractivity contribution in [3.05, 3.63) is 288 Å². The number of fused-ring (bicyclic) bond motifs is 2. The van der Waals surface area contributed by atoms with Crippen molar-refractivity contribution in [1.82, 2.24) is 0 Å². The molecule has 4 N–H and O–H groups in total.